The normalized spacial score (nSPS) is 10.6. The summed E-state index contributed by atoms with van der Waals surface area (Å²) in [6, 6.07) is 5.17. The molecule has 0 spiro atoms. The fourth-order valence-electron chi connectivity index (χ4n) is 0.962. The second-order valence-corrected chi connectivity index (χ2v) is 2.92. The molecule has 1 aromatic carbocycles. The van der Waals surface area contributed by atoms with E-state index in [-0.39, 0.29) is 6.61 Å². The van der Waals surface area contributed by atoms with Gasteiger partial charge in [-0.2, -0.15) is 0 Å². The third kappa shape index (κ3) is 2.68. The number of allylic oxidation sites excluding steroid dienone is 1. The molecule has 0 aliphatic rings. The SMILES string of the molecule is O=CC=Cc1cc(CO)ccc1Cl. The van der Waals surface area contributed by atoms with Crippen LogP contribution >= 0.6 is 11.6 Å². The van der Waals surface area contributed by atoms with Crippen LogP contribution in [0.2, 0.25) is 5.02 Å². The highest BCUT2D eigenvalue weighted by Crippen LogP contribution is 2.18. The van der Waals surface area contributed by atoms with Gasteiger partial charge in [0.1, 0.15) is 6.29 Å². The van der Waals surface area contributed by atoms with Crippen molar-refractivity contribution in [3.63, 3.8) is 0 Å². The molecule has 0 bridgehead atoms. The number of hydrogen-bond donors (Lipinski definition) is 1. The van der Waals surface area contributed by atoms with Crippen molar-refractivity contribution in [3.05, 3.63) is 40.4 Å². The monoisotopic (exact) mass is 196 g/mol. The van der Waals surface area contributed by atoms with E-state index in [1.807, 2.05) is 0 Å². The van der Waals surface area contributed by atoms with E-state index in [9.17, 15) is 4.79 Å². The molecule has 0 atom stereocenters. The second-order valence-electron chi connectivity index (χ2n) is 2.51. The first-order valence-electron chi connectivity index (χ1n) is 3.79. The average molecular weight is 197 g/mol. The molecule has 0 saturated carbocycles. The van der Waals surface area contributed by atoms with Crippen molar-refractivity contribution in [1.29, 1.82) is 0 Å². The Kier molecular flexibility index (Phi) is 3.68. The van der Waals surface area contributed by atoms with Gasteiger partial charge in [0.25, 0.3) is 0 Å². The molecule has 3 heteroatoms. The Bertz CT molecular complexity index is 332. The lowest BCUT2D eigenvalue weighted by Gasteiger charge is -2.00. The van der Waals surface area contributed by atoms with E-state index >= 15 is 0 Å². The van der Waals surface area contributed by atoms with E-state index in [2.05, 4.69) is 0 Å². The lowest BCUT2D eigenvalue weighted by molar-refractivity contribution is -0.104. The molecule has 1 N–H and O–H groups in total. The van der Waals surface area contributed by atoms with Crippen molar-refractivity contribution in [2.45, 2.75) is 6.61 Å². The van der Waals surface area contributed by atoms with Gasteiger partial charge in [-0.25, -0.2) is 0 Å². The minimum Gasteiger partial charge on any atom is -0.392 e. The summed E-state index contributed by atoms with van der Waals surface area (Å²) >= 11 is 5.84. The van der Waals surface area contributed by atoms with Crippen molar-refractivity contribution < 1.29 is 9.90 Å². The summed E-state index contributed by atoms with van der Waals surface area (Å²) in [5.74, 6) is 0. The number of carbonyl (C=O) groups excluding carboxylic acids is 1. The Morgan fingerprint density at radius 1 is 1.46 bits per heavy atom. The fourth-order valence-corrected chi connectivity index (χ4v) is 1.14. The second kappa shape index (κ2) is 4.80. The van der Waals surface area contributed by atoms with Crippen molar-refractivity contribution in [2.24, 2.45) is 0 Å². The number of benzene rings is 1. The molecular formula is C10H9ClO2. The molecule has 0 amide bonds. The predicted molar refractivity (Wildman–Crippen MR) is 52.5 cm³/mol. The van der Waals surface area contributed by atoms with Crippen LogP contribution in [-0.2, 0) is 11.4 Å². The summed E-state index contributed by atoms with van der Waals surface area (Å²) in [5, 5.41) is 9.41. The average Bonchev–Trinajstić information content (AvgIpc) is 2.17. The van der Waals surface area contributed by atoms with Gasteiger partial charge >= 0.3 is 0 Å². The molecule has 0 fully saturated rings. The van der Waals surface area contributed by atoms with Gasteiger partial charge in [0.15, 0.2) is 0 Å². The van der Waals surface area contributed by atoms with Gasteiger partial charge in [0.2, 0.25) is 0 Å². The molecule has 0 unspecified atom stereocenters. The molecule has 1 rings (SSSR count). The summed E-state index contributed by atoms with van der Waals surface area (Å²) in [5.41, 5.74) is 1.51. The summed E-state index contributed by atoms with van der Waals surface area (Å²) in [6.45, 7) is -0.0287. The van der Waals surface area contributed by atoms with Crippen LogP contribution in [0.15, 0.2) is 24.3 Å². The zero-order valence-corrected chi connectivity index (χ0v) is 7.66. The summed E-state index contributed by atoms with van der Waals surface area (Å²) in [7, 11) is 0. The number of aliphatic hydroxyl groups is 1. The number of aliphatic hydroxyl groups excluding tert-OH is 1. The Morgan fingerprint density at radius 2 is 2.23 bits per heavy atom. The minimum atomic E-state index is -0.0287. The Balaban J connectivity index is 3.03. The first-order valence-corrected chi connectivity index (χ1v) is 4.17. The van der Waals surface area contributed by atoms with E-state index in [0.717, 1.165) is 11.1 Å². The maximum Gasteiger partial charge on any atom is 0.142 e. The summed E-state index contributed by atoms with van der Waals surface area (Å²) in [4.78, 5) is 10.1. The number of halogens is 1. The van der Waals surface area contributed by atoms with Crippen LogP contribution in [0.1, 0.15) is 11.1 Å². The maximum absolute atomic E-state index is 10.1. The van der Waals surface area contributed by atoms with Crippen LogP contribution in [0.25, 0.3) is 6.08 Å². The van der Waals surface area contributed by atoms with Crippen LogP contribution in [0, 0.1) is 0 Å². The Morgan fingerprint density at radius 3 is 2.85 bits per heavy atom. The van der Waals surface area contributed by atoms with Crippen molar-refractivity contribution in [2.75, 3.05) is 0 Å². The van der Waals surface area contributed by atoms with Gasteiger partial charge in [-0.05, 0) is 29.3 Å². The first-order chi connectivity index (χ1) is 6.27. The molecule has 0 heterocycles. The molecule has 1 aromatic rings. The number of rotatable bonds is 3. The van der Waals surface area contributed by atoms with Gasteiger partial charge in [0.05, 0.1) is 6.61 Å². The lowest BCUT2D eigenvalue weighted by Crippen LogP contribution is -1.84. The number of aldehydes is 1. The molecule has 0 aliphatic carbocycles. The number of hydrogen-bond acceptors (Lipinski definition) is 2. The molecule has 0 aromatic heterocycles. The minimum absolute atomic E-state index is 0.0287. The quantitative estimate of drug-likeness (QED) is 0.594. The van der Waals surface area contributed by atoms with Gasteiger partial charge in [0, 0.05) is 5.02 Å². The van der Waals surface area contributed by atoms with E-state index in [1.165, 1.54) is 6.08 Å². The first kappa shape index (κ1) is 9.96. The summed E-state index contributed by atoms with van der Waals surface area (Å²) in [6.07, 6.45) is 3.65. The Labute approximate surface area is 81.5 Å². The molecule has 0 saturated heterocycles. The van der Waals surface area contributed by atoms with E-state index in [1.54, 1.807) is 24.3 Å². The zero-order valence-electron chi connectivity index (χ0n) is 6.90. The van der Waals surface area contributed by atoms with E-state index < -0.39 is 0 Å². The fraction of sp³-hybridized carbons (Fsp3) is 0.100. The van der Waals surface area contributed by atoms with Gasteiger partial charge < -0.3 is 5.11 Å². The van der Waals surface area contributed by atoms with E-state index in [4.69, 9.17) is 16.7 Å². The molecule has 68 valence electrons. The maximum atomic E-state index is 10.1. The highest BCUT2D eigenvalue weighted by Gasteiger charge is 1.97. The molecule has 13 heavy (non-hydrogen) atoms. The molecular weight excluding hydrogens is 188 g/mol. The third-order valence-corrected chi connectivity index (χ3v) is 1.94. The zero-order chi connectivity index (χ0) is 9.68. The largest absolute Gasteiger partial charge is 0.392 e. The topological polar surface area (TPSA) is 37.3 Å². The molecule has 2 nitrogen and oxygen atoms in total. The van der Waals surface area contributed by atoms with Crippen LogP contribution in [0.3, 0.4) is 0 Å². The van der Waals surface area contributed by atoms with Crippen LogP contribution in [-0.4, -0.2) is 11.4 Å². The van der Waals surface area contributed by atoms with Gasteiger partial charge in [-0.15, -0.1) is 0 Å². The smallest absolute Gasteiger partial charge is 0.142 e. The molecule has 0 radical (unpaired) electrons. The highest BCUT2D eigenvalue weighted by molar-refractivity contribution is 6.32. The van der Waals surface area contributed by atoms with Gasteiger partial charge in [-0.3, -0.25) is 4.79 Å². The van der Waals surface area contributed by atoms with Crippen molar-refractivity contribution >= 4 is 24.0 Å². The van der Waals surface area contributed by atoms with Crippen LogP contribution in [0.5, 0.6) is 0 Å². The van der Waals surface area contributed by atoms with Crippen LogP contribution < -0.4 is 0 Å². The van der Waals surface area contributed by atoms with Crippen LogP contribution in [0.4, 0.5) is 0 Å². The summed E-state index contributed by atoms with van der Waals surface area (Å²) < 4.78 is 0. The van der Waals surface area contributed by atoms with Gasteiger partial charge in [-0.1, -0.05) is 23.7 Å². The standard InChI is InChI=1S/C10H9ClO2/c11-10-4-3-8(7-13)6-9(10)2-1-5-12/h1-6,13H,7H2. The van der Waals surface area contributed by atoms with Crippen molar-refractivity contribution in [1.82, 2.24) is 0 Å². The third-order valence-electron chi connectivity index (χ3n) is 1.60. The lowest BCUT2D eigenvalue weighted by atomic mass is 10.1. The Hall–Kier alpha value is -1.12. The predicted octanol–water partition coefficient (Wildman–Crippen LogP) is 2.04. The van der Waals surface area contributed by atoms with Crippen molar-refractivity contribution in [3.8, 4) is 0 Å². The molecule has 0 aliphatic heterocycles. The van der Waals surface area contributed by atoms with E-state index in [0.29, 0.717) is 11.3 Å². The highest BCUT2D eigenvalue weighted by atomic mass is 35.5. The number of carbonyl (C=O) groups is 1.